The van der Waals surface area contributed by atoms with Crippen molar-refractivity contribution >= 4 is 87.1 Å². The van der Waals surface area contributed by atoms with E-state index in [0.29, 0.717) is 5.95 Å². The van der Waals surface area contributed by atoms with Crippen LogP contribution < -0.4 is 0 Å². The number of nitrogens with zero attached hydrogens (tertiary/aromatic N) is 4. The van der Waals surface area contributed by atoms with E-state index in [1.54, 1.807) is 0 Å². The van der Waals surface area contributed by atoms with Crippen molar-refractivity contribution in [2.75, 3.05) is 0 Å². The molecule has 4 heteroatoms. The highest BCUT2D eigenvalue weighted by atomic mass is 15.2. The normalized spacial score (nSPS) is 15.9. The van der Waals surface area contributed by atoms with Gasteiger partial charge < -0.3 is 4.40 Å². The quantitative estimate of drug-likeness (QED) is 0.182. The number of hydrogen-bond donors (Lipinski definition) is 0. The van der Waals surface area contributed by atoms with E-state index in [4.69, 9.17) is 9.97 Å². The molecule has 4 nitrogen and oxygen atoms in total. The van der Waals surface area contributed by atoms with Crippen molar-refractivity contribution in [1.82, 2.24) is 18.9 Å². The van der Waals surface area contributed by atoms with Crippen molar-refractivity contribution in [2.24, 2.45) is 0 Å². The molecule has 1 aliphatic carbocycles. The first-order valence-corrected chi connectivity index (χ1v) is 19.8. The van der Waals surface area contributed by atoms with Crippen LogP contribution in [0.3, 0.4) is 0 Å². The zero-order valence-corrected chi connectivity index (χ0v) is 31.2. The minimum atomic E-state index is -0.411. The van der Waals surface area contributed by atoms with Crippen LogP contribution >= 0.6 is 0 Å². The zero-order valence-electron chi connectivity index (χ0n) is 31.2. The first kappa shape index (κ1) is 31.0. The molecule has 0 radical (unpaired) electrons. The number of hydrogen-bond acceptors (Lipinski definition) is 2. The maximum atomic E-state index is 5.77. The number of rotatable bonds is 3. The van der Waals surface area contributed by atoms with Crippen molar-refractivity contribution in [3.8, 4) is 5.95 Å². The van der Waals surface area contributed by atoms with E-state index < -0.39 is 5.41 Å². The molecule has 0 N–H and O–H groups in total. The summed E-state index contributed by atoms with van der Waals surface area (Å²) in [5.41, 5.74) is 12.6. The molecule has 4 aromatic heterocycles. The van der Waals surface area contributed by atoms with Crippen molar-refractivity contribution in [3.05, 3.63) is 198 Å². The van der Waals surface area contributed by atoms with Gasteiger partial charge in [0.1, 0.15) is 0 Å². The Morgan fingerprint density at radius 1 is 0.491 bits per heavy atom. The predicted octanol–water partition coefficient (Wildman–Crippen LogP) is 13.2. The topological polar surface area (TPSA) is 35.1 Å². The Labute approximate surface area is 327 Å². The Bertz CT molecular complexity index is 3680. The molecule has 0 spiro atoms. The smallest absolute Gasteiger partial charge is 0.235 e. The van der Waals surface area contributed by atoms with E-state index in [1.165, 1.54) is 81.9 Å². The summed E-state index contributed by atoms with van der Waals surface area (Å²) in [6.07, 6.45) is 3.23. The third-order valence-electron chi connectivity index (χ3n) is 12.9. The van der Waals surface area contributed by atoms with Gasteiger partial charge in [-0.3, -0.25) is 4.57 Å². The van der Waals surface area contributed by atoms with Gasteiger partial charge in [0.25, 0.3) is 0 Å². The SMILES string of the molecule is CC1(c2nc(-n3c4ccccc4c4ccc5ccc6c7cccc8c9ccccc9n(c87)c6c5c43)nc3ccccc23)CC=C(c2ccccc2)c2ccccc21. The van der Waals surface area contributed by atoms with Crippen molar-refractivity contribution in [2.45, 2.75) is 18.8 Å². The van der Waals surface area contributed by atoms with Crippen LogP contribution in [-0.4, -0.2) is 18.9 Å². The Balaban J connectivity index is 1.17. The third kappa shape index (κ3) is 4.01. The molecule has 0 bridgehead atoms. The average molecular weight is 727 g/mol. The van der Waals surface area contributed by atoms with Gasteiger partial charge in [0.15, 0.2) is 0 Å². The molecular formula is C53H34N4. The zero-order chi connectivity index (χ0) is 37.4. The first-order valence-electron chi connectivity index (χ1n) is 19.8. The Hall–Kier alpha value is -7.30. The second-order valence-electron chi connectivity index (χ2n) is 15.9. The van der Waals surface area contributed by atoms with Gasteiger partial charge in [0.2, 0.25) is 5.95 Å². The second-order valence-corrected chi connectivity index (χ2v) is 15.9. The lowest BCUT2D eigenvalue weighted by molar-refractivity contribution is 0.557. The van der Waals surface area contributed by atoms with Gasteiger partial charge in [-0.15, -0.1) is 0 Å². The van der Waals surface area contributed by atoms with Gasteiger partial charge in [0, 0.05) is 48.5 Å². The molecule has 0 aliphatic heterocycles. The van der Waals surface area contributed by atoms with Crippen LogP contribution in [0.5, 0.6) is 0 Å². The molecule has 0 amide bonds. The Kier molecular flexibility index (Phi) is 6.06. The fourth-order valence-electron chi connectivity index (χ4n) is 10.4. The molecule has 13 rings (SSSR count). The van der Waals surface area contributed by atoms with Crippen molar-refractivity contribution in [1.29, 1.82) is 0 Å². The Morgan fingerprint density at radius 2 is 1.11 bits per heavy atom. The highest BCUT2D eigenvalue weighted by Gasteiger charge is 2.38. The second kappa shape index (κ2) is 11.1. The van der Waals surface area contributed by atoms with Gasteiger partial charge in [-0.05, 0) is 59.2 Å². The van der Waals surface area contributed by atoms with Gasteiger partial charge in [0.05, 0.1) is 38.8 Å². The highest BCUT2D eigenvalue weighted by Crippen LogP contribution is 2.48. The number of aromatic nitrogens is 4. The molecule has 8 aromatic carbocycles. The fourth-order valence-corrected chi connectivity index (χ4v) is 10.4. The van der Waals surface area contributed by atoms with Crippen LogP contribution in [-0.2, 0) is 5.41 Å². The molecule has 0 saturated carbocycles. The lowest BCUT2D eigenvalue weighted by Crippen LogP contribution is -2.29. The monoisotopic (exact) mass is 726 g/mol. The Morgan fingerprint density at radius 3 is 1.93 bits per heavy atom. The van der Waals surface area contributed by atoms with E-state index in [1.807, 2.05) is 0 Å². The summed E-state index contributed by atoms with van der Waals surface area (Å²) in [6, 6.07) is 61.8. The minimum Gasteiger partial charge on any atom is -0.307 e. The summed E-state index contributed by atoms with van der Waals surface area (Å²) >= 11 is 0. The summed E-state index contributed by atoms with van der Waals surface area (Å²) in [6.45, 7) is 2.37. The van der Waals surface area contributed by atoms with E-state index in [2.05, 4.69) is 192 Å². The molecule has 1 atom stereocenters. The molecule has 0 fully saturated rings. The van der Waals surface area contributed by atoms with Crippen LogP contribution in [0.1, 0.15) is 35.7 Å². The summed E-state index contributed by atoms with van der Waals surface area (Å²) < 4.78 is 4.88. The lowest BCUT2D eigenvalue weighted by atomic mass is 9.68. The van der Waals surface area contributed by atoms with Gasteiger partial charge in [-0.2, -0.15) is 0 Å². The number of para-hydroxylation sites is 4. The van der Waals surface area contributed by atoms with E-state index in [-0.39, 0.29) is 0 Å². The number of benzene rings is 8. The minimum absolute atomic E-state index is 0.411. The predicted molar refractivity (Wildman–Crippen MR) is 237 cm³/mol. The van der Waals surface area contributed by atoms with Gasteiger partial charge in [-0.1, -0.05) is 158 Å². The van der Waals surface area contributed by atoms with Crippen molar-refractivity contribution < 1.29 is 0 Å². The first-order chi connectivity index (χ1) is 28.2. The highest BCUT2D eigenvalue weighted by molar-refractivity contribution is 6.32. The number of fused-ring (bicyclic) bond motifs is 14. The molecule has 0 saturated heterocycles. The standard InChI is InChI=1S/C53H34N4/c1-53(31-30-34(32-14-3-2-4-15-32)35-16-5-9-22-43(35)53)51-42-19-6-10-23-44(42)54-52(55-51)57-46-25-12-8-18-37(46)40-28-26-33-27-29-41-39-21-13-20-38-36-17-7-11-24-45(36)56(48(38)39)49(41)47(33)50(40)57/h2-30H,31H2,1H3. The molecule has 4 heterocycles. The van der Waals surface area contributed by atoms with Crippen LogP contribution in [0.25, 0.3) is 93.1 Å². The molecule has 1 aliphatic rings. The van der Waals surface area contributed by atoms with Gasteiger partial charge in [-0.25, -0.2) is 9.97 Å². The summed E-state index contributed by atoms with van der Waals surface area (Å²) in [5, 5.41) is 11.0. The third-order valence-corrected chi connectivity index (χ3v) is 12.9. The summed E-state index contributed by atoms with van der Waals surface area (Å²) in [5.74, 6) is 0.689. The average Bonchev–Trinajstić information content (AvgIpc) is 3.92. The molecule has 1 unspecified atom stereocenters. The molecule has 12 aromatic rings. The largest absolute Gasteiger partial charge is 0.307 e. The lowest BCUT2D eigenvalue weighted by Gasteiger charge is -2.36. The van der Waals surface area contributed by atoms with Gasteiger partial charge >= 0.3 is 0 Å². The van der Waals surface area contributed by atoms with Crippen molar-refractivity contribution in [3.63, 3.8) is 0 Å². The van der Waals surface area contributed by atoms with Crippen LogP contribution in [0.2, 0.25) is 0 Å². The van der Waals surface area contributed by atoms with E-state index in [9.17, 15) is 0 Å². The maximum absolute atomic E-state index is 5.77. The fraction of sp³-hybridized carbons (Fsp3) is 0.0566. The maximum Gasteiger partial charge on any atom is 0.235 e. The van der Waals surface area contributed by atoms with E-state index in [0.717, 1.165) is 34.1 Å². The van der Waals surface area contributed by atoms with Crippen LogP contribution in [0.15, 0.2) is 176 Å². The van der Waals surface area contributed by atoms with Crippen LogP contribution in [0.4, 0.5) is 0 Å². The summed E-state index contributed by atoms with van der Waals surface area (Å²) in [7, 11) is 0. The molecule has 266 valence electrons. The summed E-state index contributed by atoms with van der Waals surface area (Å²) in [4.78, 5) is 11.2. The molecular weight excluding hydrogens is 693 g/mol. The molecule has 57 heavy (non-hydrogen) atoms. The number of allylic oxidation sites excluding steroid dienone is 1. The van der Waals surface area contributed by atoms with Crippen LogP contribution in [0, 0.1) is 0 Å². The van der Waals surface area contributed by atoms with E-state index >= 15 is 0 Å².